The van der Waals surface area contributed by atoms with Gasteiger partial charge in [-0.1, -0.05) is 47.6 Å². The third-order valence-electron chi connectivity index (χ3n) is 3.97. The molecule has 27 heavy (non-hydrogen) atoms. The first-order chi connectivity index (χ1) is 13.1. The minimum Gasteiger partial charge on any atom is -0.309 e. The van der Waals surface area contributed by atoms with Crippen LogP contribution in [0.4, 0.5) is 0 Å². The smallest absolute Gasteiger partial charge is 0.258 e. The maximum Gasteiger partial charge on any atom is 0.258 e. The Labute approximate surface area is 164 Å². The highest BCUT2D eigenvalue weighted by molar-refractivity contribution is 7.98. The Bertz CT molecular complexity index is 1170. The van der Waals surface area contributed by atoms with Crippen LogP contribution in [0.5, 0.6) is 0 Å². The molecule has 0 saturated carbocycles. The summed E-state index contributed by atoms with van der Waals surface area (Å²) in [5, 5.41) is 1.91. The number of nitrogens with zero attached hydrogens (tertiary/aromatic N) is 3. The number of benzene rings is 2. The van der Waals surface area contributed by atoms with E-state index in [0.717, 1.165) is 17.0 Å². The molecule has 2 aromatic heterocycles. The lowest BCUT2D eigenvalue weighted by Crippen LogP contribution is -2.11. The fraction of sp³-hybridized carbons (Fsp3) is 0.100. The van der Waals surface area contributed by atoms with Gasteiger partial charge in [-0.15, -0.1) is 0 Å². The van der Waals surface area contributed by atoms with Crippen LogP contribution in [-0.4, -0.2) is 19.9 Å². The van der Waals surface area contributed by atoms with Crippen LogP contribution in [0.25, 0.3) is 22.2 Å². The molecule has 0 saturated heterocycles. The molecule has 0 unspecified atom stereocenters. The van der Waals surface area contributed by atoms with Crippen LogP contribution in [0.3, 0.4) is 0 Å². The average molecular weight is 395 g/mol. The summed E-state index contributed by atoms with van der Waals surface area (Å²) >= 11 is 7.40. The number of hydrogen-bond acceptors (Lipinski definition) is 5. The largest absolute Gasteiger partial charge is 0.309 e. The van der Waals surface area contributed by atoms with Crippen LogP contribution >= 0.6 is 23.4 Å². The van der Waals surface area contributed by atoms with Crippen molar-refractivity contribution in [1.29, 1.82) is 0 Å². The van der Waals surface area contributed by atoms with E-state index in [2.05, 4.69) is 19.9 Å². The number of nitrogens with one attached hydrogen (secondary N) is 1. The molecule has 2 aromatic carbocycles. The summed E-state index contributed by atoms with van der Waals surface area (Å²) in [7, 11) is 0. The van der Waals surface area contributed by atoms with Gasteiger partial charge in [0.05, 0.1) is 22.3 Å². The second-order valence-electron chi connectivity index (χ2n) is 6.00. The molecule has 134 valence electrons. The Kier molecular flexibility index (Phi) is 4.92. The Morgan fingerprint density at radius 3 is 2.63 bits per heavy atom. The van der Waals surface area contributed by atoms with Gasteiger partial charge in [0.1, 0.15) is 5.82 Å². The van der Waals surface area contributed by atoms with E-state index in [0.29, 0.717) is 32.7 Å². The van der Waals surface area contributed by atoms with Gasteiger partial charge < -0.3 is 4.98 Å². The van der Waals surface area contributed by atoms with Crippen LogP contribution in [0.1, 0.15) is 11.5 Å². The van der Waals surface area contributed by atoms with Crippen molar-refractivity contribution in [2.24, 2.45) is 0 Å². The molecule has 0 radical (unpaired) electrons. The van der Waals surface area contributed by atoms with Gasteiger partial charge in [0, 0.05) is 16.3 Å². The monoisotopic (exact) mass is 394 g/mol. The highest BCUT2D eigenvalue weighted by Crippen LogP contribution is 2.24. The number of H-pyrrole nitrogens is 1. The third-order valence-corrected chi connectivity index (χ3v) is 5.08. The van der Waals surface area contributed by atoms with Gasteiger partial charge in [-0.3, -0.25) is 4.79 Å². The minimum atomic E-state index is -0.136. The summed E-state index contributed by atoms with van der Waals surface area (Å²) in [5.41, 5.74) is 3.23. The number of aromatic nitrogens is 4. The first-order valence-electron chi connectivity index (χ1n) is 8.31. The number of aromatic amines is 1. The van der Waals surface area contributed by atoms with Crippen LogP contribution < -0.4 is 5.56 Å². The molecule has 0 aliphatic carbocycles. The van der Waals surface area contributed by atoms with Gasteiger partial charge in [0.25, 0.3) is 5.56 Å². The van der Waals surface area contributed by atoms with Crippen molar-refractivity contribution in [3.05, 3.63) is 81.5 Å². The molecule has 0 aliphatic heterocycles. The maximum absolute atomic E-state index is 12.2. The average Bonchev–Trinajstić information content (AvgIpc) is 2.67. The van der Waals surface area contributed by atoms with Gasteiger partial charge in [-0.25, -0.2) is 15.0 Å². The molecule has 0 amide bonds. The summed E-state index contributed by atoms with van der Waals surface area (Å²) in [6, 6.07) is 16.8. The number of hydrogen-bond donors (Lipinski definition) is 1. The number of fused-ring (bicyclic) bond motifs is 1. The molecule has 2 heterocycles. The number of rotatable bonds is 4. The molecule has 0 atom stereocenters. The van der Waals surface area contributed by atoms with Gasteiger partial charge in [-0.05, 0) is 37.3 Å². The van der Waals surface area contributed by atoms with E-state index in [1.54, 1.807) is 6.07 Å². The normalized spacial score (nSPS) is 11.0. The molecule has 1 N–H and O–H groups in total. The van der Waals surface area contributed by atoms with Crippen molar-refractivity contribution < 1.29 is 0 Å². The first-order valence-corrected chi connectivity index (χ1v) is 9.67. The van der Waals surface area contributed by atoms with Crippen molar-refractivity contribution in [2.45, 2.75) is 17.8 Å². The Morgan fingerprint density at radius 2 is 1.81 bits per heavy atom. The van der Waals surface area contributed by atoms with E-state index in [-0.39, 0.29) is 5.56 Å². The summed E-state index contributed by atoms with van der Waals surface area (Å²) < 4.78 is 0. The van der Waals surface area contributed by atoms with Crippen molar-refractivity contribution in [3.63, 3.8) is 0 Å². The van der Waals surface area contributed by atoms with E-state index in [1.165, 1.54) is 11.8 Å². The molecule has 4 aromatic rings. The number of thioether (sulfide) groups is 1. The zero-order valence-electron chi connectivity index (χ0n) is 14.4. The highest BCUT2D eigenvalue weighted by Gasteiger charge is 2.08. The second-order valence-corrected chi connectivity index (χ2v) is 7.38. The zero-order valence-corrected chi connectivity index (χ0v) is 16.0. The molecule has 0 fully saturated rings. The standard InChI is InChI=1S/C20H15ClN4OS/c1-12-10-17(13-6-8-14(21)9-7-13)24-20(22-12)27-11-18-23-16-5-3-2-4-15(16)19(26)25-18/h2-10H,11H2,1H3,(H,23,25,26). The number of aryl methyl sites for hydroxylation is 1. The Hall–Kier alpha value is -2.70. The van der Waals surface area contributed by atoms with E-state index in [4.69, 9.17) is 11.6 Å². The molecular formula is C20H15ClN4OS. The molecule has 7 heteroatoms. The van der Waals surface area contributed by atoms with Crippen LogP contribution in [0.2, 0.25) is 5.02 Å². The first kappa shape index (κ1) is 17.7. The SMILES string of the molecule is Cc1cc(-c2ccc(Cl)cc2)nc(SCc2nc3ccccc3c(=O)[nH]2)n1. The zero-order chi connectivity index (χ0) is 18.8. The molecule has 0 bridgehead atoms. The number of para-hydroxylation sites is 1. The van der Waals surface area contributed by atoms with Crippen LogP contribution in [0.15, 0.2) is 64.5 Å². The van der Waals surface area contributed by atoms with E-state index < -0.39 is 0 Å². The van der Waals surface area contributed by atoms with E-state index in [1.807, 2.05) is 55.5 Å². The topological polar surface area (TPSA) is 71.5 Å². The molecule has 5 nitrogen and oxygen atoms in total. The summed E-state index contributed by atoms with van der Waals surface area (Å²) in [5.74, 6) is 1.07. The van der Waals surface area contributed by atoms with Gasteiger partial charge in [0.2, 0.25) is 0 Å². The Balaban J connectivity index is 1.60. The fourth-order valence-corrected chi connectivity index (χ4v) is 3.61. The summed E-state index contributed by atoms with van der Waals surface area (Å²) in [6.45, 7) is 1.93. The molecule has 0 aliphatic rings. The quantitative estimate of drug-likeness (QED) is 0.403. The van der Waals surface area contributed by atoms with Gasteiger partial charge in [-0.2, -0.15) is 0 Å². The summed E-state index contributed by atoms with van der Waals surface area (Å²) in [6.07, 6.45) is 0. The second kappa shape index (κ2) is 7.50. The summed E-state index contributed by atoms with van der Waals surface area (Å²) in [4.78, 5) is 28.6. The lowest BCUT2D eigenvalue weighted by atomic mass is 10.1. The minimum absolute atomic E-state index is 0.136. The van der Waals surface area contributed by atoms with Gasteiger partial charge in [0.15, 0.2) is 5.16 Å². The molecular weight excluding hydrogens is 380 g/mol. The fourth-order valence-electron chi connectivity index (χ4n) is 2.71. The lowest BCUT2D eigenvalue weighted by molar-refractivity contribution is 0.932. The predicted octanol–water partition coefficient (Wildman–Crippen LogP) is 4.63. The van der Waals surface area contributed by atoms with Crippen LogP contribution in [-0.2, 0) is 5.75 Å². The van der Waals surface area contributed by atoms with Crippen LogP contribution in [0, 0.1) is 6.92 Å². The molecule has 0 spiro atoms. The van der Waals surface area contributed by atoms with E-state index >= 15 is 0 Å². The third kappa shape index (κ3) is 4.02. The van der Waals surface area contributed by atoms with Crippen molar-refractivity contribution >= 4 is 34.3 Å². The Morgan fingerprint density at radius 1 is 1.04 bits per heavy atom. The lowest BCUT2D eigenvalue weighted by Gasteiger charge is -2.06. The number of halogens is 1. The van der Waals surface area contributed by atoms with Crippen molar-refractivity contribution in [1.82, 2.24) is 19.9 Å². The van der Waals surface area contributed by atoms with Crippen molar-refractivity contribution in [3.8, 4) is 11.3 Å². The van der Waals surface area contributed by atoms with E-state index in [9.17, 15) is 4.79 Å². The van der Waals surface area contributed by atoms with Crippen molar-refractivity contribution in [2.75, 3.05) is 0 Å². The highest BCUT2D eigenvalue weighted by atomic mass is 35.5. The molecule has 4 rings (SSSR count). The maximum atomic E-state index is 12.2. The van der Waals surface area contributed by atoms with Gasteiger partial charge >= 0.3 is 0 Å². The predicted molar refractivity (Wildman–Crippen MR) is 109 cm³/mol.